The second-order valence-electron chi connectivity index (χ2n) is 8.63. The topological polar surface area (TPSA) is 40.2 Å². The molecule has 0 spiro atoms. The summed E-state index contributed by atoms with van der Waals surface area (Å²) in [4.78, 5) is 2.63. The lowest BCUT2D eigenvalue weighted by atomic mass is 9.80. The summed E-state index contributed by atoms with van der Waals surface area (Å²) in [5, 5.41) is 0. The van der Waals surface area contributed by atoms with E-state index in [0.29, 0.717) is 25.5 Å². The van der Waals surface area contributed by atoms with Gasteiger partial charge in [0.25, 0.3) is 0 Å². The van der Waals surface area contributed by atoms with Crippen molar-refractivity contribution in [3.8, 4) is 23.0 Å². The third-order valence-corrected chi connectivity index (χ3v) is 7.19. The first-order valence-electron chi connectivity index (χ1n) is 10.7. The van der Waals surface area contributed by atoms with Gasteiger partial charge in [0.1, 0.15) is 0 Å². The Hall–Kier alpha value is -2.82. The highest BCUT2D eigenvalue weighted by Gasteiger charge is 2.42. The molecular weight excluding hydrogens is 366 g/mol. The minimum atomic E-state index is 0.317. The zero-order chi connectivity index (χ0) is 18.9. The van der Waals surface area contributed by atoms with E-state index in [4.69, 9.17) is 18.9 Å². The van der Waals surface area contributed by atoms with Crippen LogP contribution in [0.25, 0.3) is 11.8 Å². The van der Waals surface area contributed by atoms with Crippen LogP contribution < -0.4 is 18.9 Å². The van der Waals surface area contributed by atoms with E-state index in [2.05, 4.69) is 35.2 Å². The van der Waals surface area contributed by atoms with E-state index in [1.54, 1.807) is 0 Å². The lowest BCUT2D eigenvalue weighted by molar-refractivity contribution is 0.166. The predicted octanol–water partition coefficient (Wildman–Crippen LogP) is 4.75. The molecule has 29 heavy (non-hydrogen) atoms. The fourth-order valence-electron chi connectivity index (χ4n) is 5.90. The van der Waals surface area contributed by atoms with Crippen molar-refractivity contribution >= 4 is 11.8 Å². The fourth-order valence-corrected chi connectivity index (χ4v) is 5.90. The monoisotopic (exact) mass is 389 g/mol. The molecule has 1 aliphatic carbocycles. The smallest absolute Gasteiger partial charge is 0.231 e. The normalized spacial score (nSPS) is 23.5. The number of ether oxygens (including phenoxy) is 4. The zero-order valence-corrected chi connectivity index (χ0v) is 16.3. The van der Waals surface area contributed by atoms with Crippen LogP contribution in [0.4, 0.5) is 0 Å². The maximum absolute atomic E-state index is 5.98. The SMILES string of the molecule is C1=C2c3cc4c(cc3CCN2[C@H](C2CCCC2)c2c1ccc1c2OCO1)OCO4. The van der Waals surface area contributed by atoms with Crippen LogP contribution in [0.3, 0.4) is 0 Å². The van der Waals surface area contributed by atoms with Crippen molar-refractivity contribution in [2.45, 2.75) is 38.1 Å². The highest BCUT2D eigenvalue weighted by atomic mass is 16.7. The van der Waals surface area contributed by atoms with Crippen molar-refractivity contribution in [3.63, 3.8) is 0 Å². The van der Waals surface area contributed by atoms with E-state index in [1.165, 1.54) is 53.6 Å². The Balaban J connectivity index is 1.44. The summed E-state index contributed by atoms with van der Waals surface area (Å²) >= 11 is 0. The third-order valence-electron chi connectivity index (χ3n) is 7.19. The van der Waals surface area contributed by atoms with Crippen molar-refractivity contribution < 1.29 is 18.9 Å². The van der Waals surface area contributed by atoms with Gasteiger partial charge in [0, 0.05) is 23.4 Å². The highest BCUT2D eigenvalue weighted by Crippen LogP contribution is 2.55. The van der Waals surface area contributed by atoms with Gasteiger partial charge in [-0.2, -0.15) is 0 Å². The molecule has 0 aromatic heterocycles. The van der Waals surface area contributed by atoms with Crippen LogP contribution in [0.2, 0.25) is 0 Å². The lowest BCUT2D eigenvalue weighted by Crippen LogP contribution is -2.38. The van der Waals surface area contributed by atoms with Gasteiger partial charge in [-0.25, -0.2) is 0 Å². The number of rotatable bonds is 1. The molecule has 0 bridgehead atoms. The van der Waals surface area contributed by atoms with Gasteiger partial charge in [-0.15, -0.1) is 0 Å². The molecule has 0 saturated heterocycles. The fraction of sp³-hybridized carbons (Fsp3) is 0.417. The van der Waals surface area contributed by atoms with Crippen molar-refractivity contribution in [3.05, 3.63) is 46.5 Å². The summed E-state index contributed by atoms with van der Waals surface area (Å²) in [6.45, 7) is 1.66. The molecule has 0 unspecified atom stereocenters. The Bertz CT molecular complexity index is 1050. The molecular formula is C24H23NO4. The van der Waals surface area contributed by atoms with Crippen molar-refractivity contribution in [2.75, 3.05) is 20.1 Å². The molecule has 4 heterocycles. The maximum Gasteiger partial charge on any atom is 0.231 e. The van der Waals surface area contributed by atoms with Gasteiger partial charge in [-0.3, -0.25) is 0 Å². The van der Waals surface area contributed by atoms with Crippen LogP contribution in [0.1, 0.15) is 54.0 Å². The summed E-state index contributed by atoms with van der Waals surface area (Å²) in [5.41, 5.74) is 6.55. The molecule has 5 nitrogen and oxygen atoms in total. The molecule has 4 aliphatic heterocycles. The van der Waals surface area contributed by atoms with E-state index >= 15 is 0 Å². The number of benzene rings is 2. The second-order valence-corrected chi connectivity index (χ2v) is 8.63. The van der Waals surface area contributed by atoms with E-state index < -0.39 is 0 Å². The van der Waals surface area contributed by atoms with Gasteiger partial charge >= 0.3 is 0 Å². The molecule has 148 valence electrons. The summed E-state index contributed by atoms with van der Waals surface area (Å²) in [5.74, 6) is 4.25. The van der Waals surface area contributed by atoms with Crippen molar-refractivity contribution in [1.82, 2.24) is 4.90 Å². The predicted molar refractivity (Wildman–Crippen MR) is 108 cm³/mol. The summed E-state index contributed by atoms with van der Waals surface area (Å²) < 4.78 is 23.0. The Morgan fingerprint density at radius 1 is 0.862 bits per heavy atom. The zero-order valence-electron chi connectivity index (χ0n) is 16.3. The van der Waals surface area contributed by atoms with E-state index in [-0.39, 0.29) is 0 Å². The van der Waals surface area contributed by atoms with Crippen LogP contribution >= 0.6 is 0 Å². The van der Waals surface area contributed by atoms with Gasteiger partial charge < -0.3 is 23.8 Å². The second kappa shape index (κ2) is 5.85. The first-order valence-corrected chi connectivity index (χ1v) is 10.7. The van der Waals surface area contributed by atoms with E-state index in [9.17, 15) is 0 Å². The molecule has 1 atom stereocenters. The Kier molecular flexibility index (Phi) is 3.23. The van der Waals surface area contributed by atoms with Crippen LogP contribution in [0, 0.1) is 5.92 Å². The van der Waals surface area contributed by atoms with Gasteiger partial charge in [0.05, 0.1) is 6.04 Å². The number of hydrogen-bond donors (Lipinski definition) is 0. The molecule has 1 saturated carbocycles. The van der Waals surface area contributed by atoms with Crippen molar-refractivity contribution in [2.24, 2.45) is 5.92 Å². The molecule has 0 amide bonds. The van der Waals surface area contributed by atoms with Gasteiger partial charge in [0.2, 0.25) is 13.6 Å². The molecule has 0 radical (unpaired) electrons. The van der Waals surface area contributed by atoms with Crippen molar-refractivity contribution in [1.29, 1.82) is 0 Å². The minimum Gasteiger partial charge on any atom is -0.454 e. The highest BCUT2D eigenvalue weighted by molar-refractivity contribution is 5.88. The van der Waals surface area contributed by atoms with Gasteiger partial charge in [-0.05, 0) is 60.6 Å². The molecule has 2 aromatic carbocycles. The van der Waals surface area contributed by atoms with Gasteiger partial charge in [-0.1, -0.05) is 18.9 Å². The van der Waals surface area contributed by atoms with E-state index in [0.717, 1.165) is 36.0 Å². The minimum absolute atomic E-state index is 0.317. The number of hydrogen-bond acceptors (Lipinski definition) is 5. The largest absolute Gasteiger partial charge is 0.454 e. The summed E-state index contributed by atoms with van der Waals surface area (Å²) in [7, 11) is 0. The number of nitrogens with zero attached hydrogens (tertiary/aromatic N) is 1. The Morgan fingerprint density at radius 2 is 1.66 bits per heavy atom. The molecule has 5 heteroatoms. The average Bonchev–Trinajstić information content (AvgIpc) is 3.51. The third kappa shape index (κ3) is 2.21. The first-order chi connectivity index (χ1) is 14.4. The quantitative estimate of drug-likeness (QED) is 0.704. The lowest BCUT2D eigenvalue weighted by Gasteiger charge is -2.45. The molecule has 0 N–H and O–H groups in total. The standard InChI is InChI=1S/C24H23NO4/c1-2-4-14(3-1)23-22-16(5-6-19-24(22)29-13-26-19)9-18-17-11-21-20(27-12-28-21)10-15(17)7-8-25(18)23/h5-6,9-11,14,23H,1-4,7-8,12-13H2/t23-/m1/s1. The molecule has 7 rings (SSSR count). The van der Waals surface area contributed by atoms with Gasteiger partial charge in [0.15, 0.2) is 23.0 Å². The summed E-state index contributed by atoms with van der Waals surface area (Å²) in [6, 6.07) is 8.97. The molecule has 1 fully saturated rings. The Labute approximate surface area is 169 Å². The van der Waals surface area contributed by atoms with Crippen LogP contribution in [-0.4, -0.2) is 25.0 Å². The molecule has 2 aromatic rings. The van der Waals surface area contributed by atoms with Crippen LogP contribution in [-0.2, 0) is 6.42 Å². The first kappa shape index (κ1) is 16.0. The Morgan fingerprint density at radius 3 is 2.55 bits per heavy atom. The maximum atomic E-state index is 5.98. The number of fused-ring (bicyclic) bond motifs is 7. The van der Waals surface area contributed by atoms with Crippen LogP contribution in [0.15, 0.2) is 24.3 Å². The molecule has 5 aliphatic rings. The summed E-state index contributed by atoms with van der Waals surface area (Å²) in [6.07, 6.45) is 8.58. The average molecular weight is 389 g/mol. The van der Waals surface area contributed by atoms with Crippen LogP contribution in [0.5, 0.6) is 23.0 Å². The van der Waals surface area contributed by atoms with E-state index in [1.807, 2.05) is 0 Å².